The number of hydrogen-bond acceptors (Lipinski definition) is 3. The molecule has 0 bridgehead atoms. The first kappa shape index (κ1) is 17.0. The van der Waals surface area contributed by atoms with Crippen LogP contribution in [0.4, 0.5) is 4.39 Å². The van der Waals surface area contributed by atoms with Gasteiger partial charge in [0.05, 0.1) is 11.6 Å². The topological polar surface area (TPSA) is 33.1 Å². The summed E-state index contributed by atoms with van der Waals surface area (Å²) in [4.78, 5) is 6.86. The maximum absolute atomic E-state index is 14.4. The SMILES string of the molecule is Cn1ccnc1CN(Cc1cccc(Cl)c1F)[C@H]1CC12CCNCC2. The van der Waals surface area contributed by atoms with Crippen LogP contribution in [-0.2, 0) is 20.1 Å². The molecule has 1 aromatic heterocycles. The van der Waals surface area contributed by atoms with Gasteiger partial charge in [0.1, 0.15) is 11.6 Å². The second kappa shape index (κ2) is 6.71. The van der Waals surface area contributed by atoms with Crippen LogP contribution in [0.15, 0.2) is 30.6 Å². The number of aromatic nitrogens is 2. The van der Waals surface area contributed by atoms with Crippen LogP contribution in [0.2, 0.25) is 5.02 Å². The number of hydrogen-bond donors (Lipinski definition) is 1. The van der Waals surface area contributed by atoms with E-state index in [0.29, 0.717) is 23.6 Å². The van der Waals surface area contributed by atoms with Gasteiger partial charge in [-0.2, -0.15) is 0 Å². The summed E-state index contributed by atoms with van der Waals surface area (Å²) in [5.74, 6) is 0.715. The van der Waals surface area contributed by atoms with Gasteiger partial charge in [-0.25, -0.2) is 9.37 Å². The van der Waals surface area contributed by atoms with Crippen molar-refractivity contribution in [2.75, 3.05) is 13.1 Å². The standard InChI is InChI=1S/C19H24ClFN4/c1-24-10-9-23-17(24)13-25(12-14-3-2-4-15(20)18(14)21)16-11-19(16)5-7-22-8-6-19/h2-4,9-10,16,22H,5-8,11-13H2,1H3/t16-/m0/s1. The van der Waals surface area contributed by atoms with Gasteiger partial charge in [0, 0.05) is 37.6 Å². The highest BCUT2D eigenvalue weighted by Crippen LogP contribution is 2.56. The number of nitrogens with one attached hydrogen (secondary N) is 1. The molecular weight excluding hydrogens is 339 g/mol. The molecule has 134 valence electrons. The number of aryl methyl sites for hydroxylation is 1. The summed E-state index contributed by atoms with van der Waals surface area (Å²) in [6, 6.07) is 5.76. The summed E-state index contributed by atoms with van der Waals surface area (Å²) >= 11 is 5.98. The third-order valence-electron chi connectivity index (χ3n) is 5.86. The van der Waals surface area contributed by atoms with Crippen molar-refractivity contribution >= 4 is 11.6 Å². The Hall–Kier alpha value is -1.43. The minimum atomic E-state index is -0.297. The highest BCUT2D eigenvalue weighted by Gasteiger charge is 2.56. The Kier molecular flexibility index (Phi) is 4.56. The van der Waals surface area contributed by atoms with E-state index >= 15 is 0 Å². The van der Waals surface area contributed by atoms with Gasteiger partial charge < -0.3 is 9.88 Å². The van der Waals surface area contributed by atoms with Crippen LogP contribution in [0.5, 0.6) is 0 Å². The Morgan fingerprint density at radius 3 is 2.88 bits per heavy atom. The van der Waals surface area contributed by atoms with E-state index in [1.807, 2.05) is 36.1 Å². The Labute approximate surface area is 153 Å². The normalized spacial score (nSPS) is 21.8. The fourth-order valence-corrected chi connectivity index (χ4v) is 4.39. The van der Waals surface area contributed by atoms with Crippen molar-refractivity contribution < 1.29 is 4.39 Å². The molecule has 1 aliphatic carbocycles. The van der Waals surface area contributed by atoms with Crippen LogP contribution < -0.4 is 5.32 Å². The van der Waals surface area contributed by atoms with E-state index in [1.54, 1.807) is 6.07 Å². The van der Waals surface area contributed by atoms with Gasteiger partial charge in [-0.3, -0.25) is 4.90 Å². The third kappa shape index (κ3) is 3.33. The predicted octanol–water partition coefficient (Wildman–Crippen LogP) is 3.36. The van der Waals surface area contributed by atoms with Gasteiger partial charge in [0.15, 0.2) is 0 Å². The van der Waals surface area contributed by atoms with E-state index in [9.17, 15) is 4.39 Å². The van der Waals surface area contributed by atoms with Crippen molar-refractivity contribution in [2.45, 2.75) is 38.4 Å². The molecule has 1 aliphatic heterocycles. The monoisotopic (exact) mass is 362 g/mol. The van der Waals surface area contributed by atoms with Crippen LogP contribution in [0.1, 0.15) is 30.7 Å². The lowest BCUT2D eigenvalue weighted by Gasteiger charge is -2.29. The average molecular weight is 363 g/mol. The third-order valence-corrected chi connectivity index (χ3v) is 6.15. The molecule has 4 rings (SSSR count). The van der Waals surface area contributed by atoms with Crippen LogP contribution >= 0.6 is 11.6 Å². The first-order chi connectivity index (χ1) is 12.1. The molecule has 2 aliphatic rings. The summed E-state index contributed by atoms with van der Waals surface area (Å²) in [6.45, 7) is 3.46. The predicted molar refractivity (Wildman–Crippen MR) is 96.8 cm³/mol. The van der Waals surface area contributed by atoms with Crippen LogP contribution in [0, 0.1) is 11.2 Å². The lowest BCUT2D eigenvalue weighted by atomic mass is 9.93. The van der Waals surface area contributed by atoms with Crippen LogP contribution in [-0.4, -0.2) is 33.6 Å². The smallest absolute Gasteiger partial charge is 0.146 e. The fraction of sp³-hybridized carbons (Fsp3) is 0.526. The molecule has 0 amide bonds. The van der Waals surface area contributed by atoms with Gasteiger partial charge in [0.25, 0.3) is 0 Å². The minimum absolute atomic E-state index is 0.196. The van der Waals surface area contributed by atoms with Crippen molar-refractivity contribution in [3.63, 3.8) is 0 Å². The zero-order chi connectivity index (χ0) is 17.4. The Morgan fingerprint density at radius 2 is 2.16 bits per heavy atom. The van der Waals surface area contributed by atoms with Crippen molar-refractivity contribution in [3.8, 4) is 0 Å². The van der Waals surface area contributed by atoms with Crippen molar-refractivity contribution in [1.29, 1.82) is 0 Å². The van der Waals surface area contributed by atoms with E-state index in [2.05, 4.69) is 15.2 Å². The highest BCUT2D eigenvalue weighted by molar-refractivity contribution is 6.30. The molecule has 1 N–H and O–H groups in total. The maximum atomic E-state index is 14.4. The molecule has 2 heterocycles. The van der Waals surface area contributed by atoms with Crippen LogP contribution in [0.3, 0.4) is 0 Å². The molecule has 2 aromatic rings. The van der Waals surface area contributed by atoms with Gasteiger partial charge >= 0.3 is 0 Å². The molecule has 1 atom stereocenters. The molecular formula is C19H24ClFN4. The molecule has 2 fully saturated rings. The van der Waals surface area contributed by atoms with Crippen molar-refractivity contribution in [3.05, 3.63) is 52.8 Å². The molecule has 0 radical (unpaired) electrons. The lowest BCUT2D eigenvalue weighted by molar-refractivity contribution is 0.181. The molecule has 6 heteroatoms. The summed E-state index contributed by atoms with van der Waals surface area (Å²) in [5, 5.41) is 3.64. The van der Waals surface area contributed by atoms with Crippen molar-refractivity contribution in [2.24, 2.45) is 12.5 Å². The molecule has 1 aromatic carbocycles. The van der Waals surface area contributed by atoms with Gasteiger partial charge in [-0.1, -0.05) is 23.7 Å². The molecule has 1 saturated heterocycles. The summed E-state index contributed by atoms with van der Waals surface area (Å²) in [7, 11) is 2.01. The van der Waals surface area contributed by atoms with E-state index < -0.39 is 0 Å². The van der Waals surface area contributed by atoms with E-state index in [0.717, 1.165) is 25.5 Å². The van der Waals surface area contributed by atoms with E-state index in [4.69, 9.17) is 11.6 Å². The Balaban J connectivity index is 1.58. The molecule has 1 saturated carbocycles. The number of nitrogens with zero attached hydrogens (tertiary/aromatic N) is 3. The lowest BCUT2D eigenvalue weighted by Crippen LogP contribution is -2.36. The van der Waals surface area contributed by atoms with Gasteiger partial charge in [-0.05, 0) is 43.8 Å². The first-order valence-corrected chi connectivity index (χ1v) is 9.31. The summed E-state index contributed by atoms with van der Waals surface area (Å²) in [5.41, 5.74) is 1.06. The zero-order valence-electron chi connectivity index (χ0n) is 14.5. The minimum Gasteiger partial charge on any atom is -0.337 e. The van der Waals surface area contributed by atoms with E-state index in [1.165, 1.54) is 19.3 Å². The number of benzene rings is 1. The Morgan fingerprint density at radius 1 is 1.36 bits per heavy atom. The quantitative estimate of drug-likeness (QED) is 0.885. The second-order valence-electron chi connectivity index (χ2n) is 7.40. The average Bonchev–Trinajstić information content (AvgIpc) is 3.13. The fourth-order valence-electron chi connectivity index (χ4n) is 4.20. The maximum Gasteiger partial charge on any atom is 0.146 e. The highest BCUT2D eigenvalue weighted by atomic mass is 35.5. The molecule has 0 unspecified atom stereocenters. The van der Waals surface area contributed by atoms with Gasteiger partial charge in [0.2, 0.25) is 0 Å². The molecule has 4 nitrogen and oxygen atoms in total. The summed E-state index contributed by atoms with van der Waals surface area (Å²) in [6.07, 6.45) is 7.38. The number of piperidine rings is 1. The van der Waals surface area contributed by atoms with Gasteiger partial charge in [-0.15, -0.1) is 0 Å². The second-order valence-corrected chi connectivity index (χ2v) is 7.81. The largest absolute Gasteiger partial charge is 0.337 e. The number of rotatable bonds is 5. The first-order valence-electron chi connectivity index (χ1n) is 8.93. The number of imidazole rings is 1. The Bertz CT molecular complexity index is 754. The van der Waals surface area contributed by atoms with Crippen LogP contribution in [0.25, 0.3) is 0 Å². The zero-order valence-corrected chi connectivity index (χ0v) is 15.3. The van der Waals surface area contributed by atoms with E-state index in [-0.39, 0.29) is 10.8 Å². The number of halogens is 2. The van der Waals surface area contributed by atoms with Crippen molar-refractivity contribution in [1.82, 2.24) is 19.8 Å². The molecule has 1 spiro atoms. The molecule has 25 heavy (non-hydrogen) atoms. The summed E-state index contributed by atoms with van der Waals surface area (Å²) < 4.78 is 16.5.